The van der Waals surface area contributed by atoms with Crippen molar-refractivity contribution in [3.05, 3.63) is 63.2 Å². The summed E-state index contributed by atoms with van der Waals surface area (Å²) in [6.45, 7) is 2.72. The minimum Gasteiger partial charge on any atom is -0.310 e. The molecule has 0 atom stereocenters. The van der Waals surface area contributed by atoms with Crippen LogP contribution in [-0.4, -0.2) is 20.4 Å². The molecule has 0 bridgehead atoms. The number of fused-ring (bicyclic) bond motifs is 1. The van der Waals surface area contributed by atoms with Crippen molar-refractivity contribution in [3.8, 4) is 0 Å². The average Bonchev–Trinajstić information content (AvgIpc) is 2.93. The Morgan fingerprint density at radius 3 is 2.80 bits per heavy atom. The number of aryl methyl sites for hydroxylation is 1. The number of carbonyl (C=O) groups is 1. The summed E-state index contributed by atoms with van der Waals surface area (Å²) in [4.78, 5) is 27.3. The third-order valence-corrected chi connectivity index (χ3v) is 4.05. The number of anilines is 1. The number of nitro groups is 1. The molecular formula is C17H15ClN4O3. The second-order valence-electron chi connectivity index (χ2n) is 5.45. The lowest BCUT2D eigenvalue weighted by Gasteiger charge is -2.09. The standard InChI is InChI=1S/C17H15ClN4O3/c1-2-9-21-14-6-4-3-5-13(14)19-17(21)20-16(23)11-7-8-12(18)15(10-11)22(24)25/h3-8,10H,2,9H2,1H3,(H,19,20,23). The maximum absolute atomic E-state index is 12.5. The number of benzene rings is 2. The highest BCUT2D eigenvalue weighted by Gasteiger charge is 2.18. The van der Waals surface area contributed by atoms with Gasteiger partial charge in [-0.15, -0.1) is 0 Å². The number of aromatic nitrogens is 2. The molecular weight excluding hydrogens is 344 g/mol. The first-order valence-corrected chi connectivity index (χ1v) is 8.09. The smallest absolute Gasteiger partial charge is 0.288 e. The number of imidazole rings is 1. The van der Waals surface area contributed by atoms with Gasteiger partial charge in [0.25, 0.3) is 11.6 Å². The van der Waals surface area contributed by atoms with Crippen molar-refractivity contribution in [1.82, 2.24) is 9.55 Å². The van der Waals surface area contributed by atoms with E-state index >= 15 is 0 Å². The molecule has 8 heteroatoms. The molecule has 1 aromatic heterocycles. The predicted octanol–water partition coefficient (Wildman–Crippen LogP) is 4.26. The van der Waals surface area contributed by atoms with Gasteiger partial charge in [-0.3, -0.25) is 20.2 Å². The maximum Gasteiger partial charge on any atom is 0.288 e. The Morgan fingerprint density at radius 2 is 2.08 bits per heavy atom. The third kappa shape index (κ3) is 3.32. The second kappa shape index (κ2) is 6.90. The molecule has 25 heavy (non-hydrogen) atoms. The van der Waals surface area contributed by atoms with E-state index in [4.69, 9.17) is 11.6 Å². The van der Waals surface area contributed by atoms with Gasteiger partial charge >= 0.3 is 0 Å². The predicted molar refractivity (Wildman–Crippen MR) is 96.1 cm³/mol. The van der Waals surface area contributed by atoms with Crippen molar-refractivity contribution in [1.29, 1.82) is 0 Å². The molecule has 1 N–H and O–H groups in total. The normalized spacial score (nSPS) is 10.8. The van der Waals surface area contributed by atoms with Crippen molar-refractivity contribution < 1.29 is 9.72 Å². The SMILES string of the molecule is CCCn1c(NC(=O)c2ccc(Cl)c([N+](=O)[O-])c2)nc2ccccc21. The van der Waals surface area contributed by atoms with Gasteiger partial charge in [-0.2, -0.15) is 0 Å². The molecule has 0 aliphatic carbocycles. The highest BCUT2D eigenvalue weighted by Crippen LogP contribution is 2.26. The molecule has 0 spiro atoms. The van der Waals surface area contributed by atoms with Gasteiger partial charge in [-0.25, -0.2) is 4.98 Å². The summed E-state index contributed by atoms with van der Waals surface area (Å²) in [5.41, 5.74) is 1.53. The molecule has 0 saturated carbocycles. The van der Waals surface area contributed by atoms with Crippen molar-refractivity contribution in [3.63, 3.8) is 0 Å². The fourth-order valence-electron chi connectivity index (χ4n) is 2.59. The molecule has 128 valence electrons. The van der Waals surface area contributed by atoms with E-state index in [0.29, 0.717) is 12.5 Å². The molecule has 1 amide bonds. The summed E-state index contributed by atoms with van der Waals surface area (Å²) in [6.07, 6.45) is 0.871. The number of hydrogen-bond donors (Lipinski definition) is 1. The monoisotopic (exact) mass is 358 g/mol. The first-order valence-electron chi connectivity index (χ1n) is 7.72. The zero-order chi connectivity index (χ0) is 18.0. The van der Waals surface area contributed by atoms with Crippen LogP contribution >= 0.6 is 11.6 Å². The van der Waals surface area contributed by atoms with Gasteiger partial charge in [-0.05, 0) is 30.7 Å². The Kier molecular flexibility index (Phi) is 4.67. The molecule has 7 nitrogen and oxygen atoms in total. The summed E-state index contributed by atoms with van der Waals surface area (Å²) in [7, 11) is 0. The first kappa shape index (κ1) is 16.9. The summed E-state index contributed by atoms with van der Waals surface area (Å²) < 4.78 is 1.91. The van der Waals surface area contributed by atoms with Crippen molar-refractivity contribution in [2.45, 2.75) is 19.9 Å². The van der Waals surface area contributed by atoms with E-state index in [-0.39, 0.29) is 16.3 Å². The fourth-order valence-corrected chi connectivity index (χ4v) is 2.77. The summed E-state index contributed by atoms with van der Waals surface area (Å²) in [6, 6.07) is 11.5. The molecule has 3 aromatic rings. The minimum atomic E-state index is -0.620. The number of halogens is 1. The van der Waals surface area contributed by atoms with Gasteiger partial charge in [-0.1, -0.05) is 30.7 Å². The lowest BCUT2D eigenvalue weighted by atomic mass is 10.2. The maximum atomic E-state index is 12.5. The molecule has 0 saturated heterocycles. The van der Waals surface area contributed by atoms with E-state index < -0.39 is 10.8 Å². The average molecular weight is 359 g/mol. The van der Waals surface area contributed by atoms with Crippen LogP contribution in [-0.2, 0) is 6.54 Å². The summed E-state index contributed by atoms with van der Waals surface area (Å²) in [5.74, 6) is -0.0712. The number of hydrogen-bond acceptors (Lipinski definition) is 4. The molecule has 1 heterocycles. The van der Waals surface area contributed by atoms with Crippen LogP contribution in [0.25, 0.3) is 11.0 Å². The van der Waals surface area contributed by atoms with E-state index in [1.165, 1.54) is 12.1 Å². The van der Waals surface area contributed by atoms with E-state index in [0.717, 1.165) is 23.5 Å². The molecule has 2 aromatic carbocycles. The van der Waals surface area contributed by atoms with Gasteiger partial charge in [0.05, 0.1) is 16.0 Å². The van der Waals surface area contributed by atoms with Gasteiger partial charge in [0.15, 0.2) is 0 Å². The van der Waals surface area contributed by atoms with Crippen LogP contribution in [0.5, 0.6) is 0 Å². The summed E-state index contributed by atoms with van der Waals surface area (Å²) in [5, 5.41) is 13.7. The topological polar surface area (TPSA) is 90.1 Å². The van der Waals surface area contributed by atoms with Crippen LogP contribution in [0.1, 0.15) is 23.7 Å². The van der Waals surface area contributed by atoms with Gasteiger partial charge in [0.2, 0.25) is 5.95 Å². The minimum absolute atomic E-state index is 0.0141. The van der Waals surface area contributed by atoms with E-state index in [1.54, 1.807) is 0 Å². The van der Waals surface area contributed by atoms with E-state index in [1.807, 2.05) is 35.8 Å². The number of nitrogens with zero attached hydrogens (tertiary/aromatic N) is 3. The van der Waals surface area contributed by atoms with Crippen LogP contribution < -0.4 is 5.32 Å². The third-order valence-electron chi connectivity index (χ3n) is 3.73. The van der Waals surface area contributed by atoms with Crippen LogP contribution in [0, 0.1) is 10.1 Å². The van der Waals surface area contributed by atoms with Gasteiger partial charge < -0.3 is 4.57 Å². The summed E-state index contributed by atoms with van der Waals surface area (Å²) >= 11 is 5.79. The highest BCUT2D eigenvalue weighted by molar-refractivity contribution is 6.32. The molecule has 3 rings (SSSR count). The quantitative estimate of drug-likeness (QED) is 0.545. The Bertz CT molecular complexity index is 968. The number of nitrogens with one attached hydrogen (secondary N) is 1. The second-order valence-corrected chi connectivity index (χ2v) is 5.86. The number of nitro benzene ring substituents is 1. The molecule has 0 radical (unpaired) electrons. The van der Waals surface area contributed by atoms with Gasteiger partial charge in [0.1, 0.15) is 5.02 Å². The number of para-hydroxylation sites is 2. The van der Waals surface area contributed by atoms with Crippen LogP contribution in [0.15, 0.2) is 42.5 Å². The van der Waals surface area contributed by atoms with Crippen molar-refractivity contribution in [2.75, 3.05) is 5.32 Å². The van der Waals surface area contributed by atoms with Crippen molar-refractivity contribution >= 4 is 40.2 Å². The zero-order valence-corrected chi connectivity index (χ0v) is 14.2. The Morgan fingerprint density at radius 1 is 1.32 bits per heavy atom. The largest absolute Gasteiger partial charge is 0.310 e. The number of amides is 1. The Balaban J connectivity index is 1.96. The van der Waals surface area contributed by atoms with Gasteiger partial charge in [0, 0.05) is 18.2 Å². The molecule has 0 aliphatic rings. The van der Waals surface area contributed by atoms with Crippen LogP contribution in [0.2, 0.25) is 5.02 Å². The van der Waals surface area contributed by atoms with E-state index in [9.17, 15) is 14.9 Å². The lowest BCUT2D eigenvalue weighted by Crippen LogP contribution is -2.16. The molecule has 0 fully saturated rings. The van der Waals surface area contributed by atoms with E-state index in [2.05, 4.69) is 10.3 Å². The Labute approximate surface area is 148 Å². The fraction of sp³-hybridized carbons (Fsp3) is 0.176. The lowest BCUT2D eigenvalue weighted by molar-refractivity contribution is -0.384. The van der Waals surface area contributed by atoms with Crippen LogP contribution in [0.4, 0.5) is 11.6 Å². The zero-order valence-electron chi connectivity index (χ0n) is 13.4. The molecule has 0 aliphatic heterocycles. The van der Waals surface area contributed by atoms with Crippen molar-refractivity contribution in [2.24, 2.45) is 0 Å². The first-order chi connectivity index (χ1) is 12.0. The number of rotatable bonds is 5. The molecule has 0 unspecified atom stereocenters. The Hall–Kier alpha value is -2.93. The highest BCUT2D eigenvalue weighted by atomic mass is 35.5. The van der Waals surface area contributed by atoms with Crippen LogP contribution in [0.3, 0.4) is 0 Å². The number of carbonyl (C=O) groups excluding carboxylic acids is 1.